The second kappa shape index (κ2) is 7.16. The second-order valence-electron chi connectivity index (χ2n) is 5.39. The number of nitrogens with one attached hydrogen (secondary N) is 3. The van der Waals surface area contributed by atoms with E-state index in [1.165, 1.54) is 24.3 Å². The Morgan fingerprint density at radius 2 is 1.80 bits per heavy atom. The van der Waals surface area contributed by atoms with Crippen LogP contribution >= 0.6 is 0 Å². The number of ether oxygens (including phenoxy) is 1. The number of anilines is 3. The monoisotopic (exact) mass is 347 g/mol. The molecule has 2 aromatic rings. The van der Waals surface area contributed by atoms with Crippen molar-refractivity contribution in [3.8, 4) is 5.75 Å². The third-order valence-electron chi connectivity index (χ3n) is 3.58. The predicted molar refractivity (Wildman–Crippen MR) is 88.8 cm³/mol. The SMILES string of the molecule is O=C(C[C@@H]1Nc2ccccc2NC1=O)Nc1ccc(OC(F)F)cc1. The van der Waals surface area contributed by atoms with Crippen LogP contribution in [-0.2, 0) is 9.59 Å². The first-order chi connectivity index (χ1) is 12.0. The third kappa shape index (κ3) is 4.23. The third-order valence-corrected chi connectivity index (χ3v) is 3.58. The van der Waals surface area contributed by atoms with Crippen molar-refractivity contribution in [1.29, 1.82) is 0 Å². The quantitative estimate of drug-likeness (QED) is 0.777. The molecule has 0 aromatic heterocycles. The summed E-state index contributed by atoms with van der Waals surface area (Å²) in [5.41, 5.74) is 1.83. The lowest BCUT2D eigenvalue weighted by Gasteiger charge is -2.26. The average molecular weight is 347 g/mol. The summed E-state index contributed by atoms with van der Waals surface area (Å²) in [6, 6.07) is 12.0. The van der Waals surface area contributed by atoms with E-state index in [4.69, 9.17) is 0 Å². The molecule has 2 amide bonds. The van der Waals surface area contributed by atoms with E-state index in [-0.39, 0.29) is 24.0 Å². The molecule has 0 saturated heterocycles. The summed E-state index contributed by atoms with van der Waals surface area (Å²) in [5.74, 6) is -0.679. The van der Waals surface area contributed by atoms with Gasteiger partial charge in [-0.3, -0.25) is 9.59 Å². The summed E-state index contributed by atoms with van der Waals surface area (Å²) < 4.78 is 28.4. The van der Waals surface area contributed by atoms with Gasteiger partial charge in [-0.05, 0) is 36.4 Å². The number of para-hydroxylation sites is 2. The molecule has 0 spiro atoms. The number of rotatable bonds is 5. The number of fused-ring (bicyclic) bond motifs is 1. The molecule has 1 atom stereocenters. The van der Waals surface area contributed by atoms with Crippen molar-refractivity contribution < 1.29 is 23.1 Å². The molecule has 1 heterocycles. The van der Waals surface area contributed by atoms with Crippen molar-refractivity contribution in [2.45, 2.75) is 19.1 Å². The van der Waals surface area contributed by atoms with E-state index in [9.17, 15) is 18.4 Å². The highest BCUT2D eigenvalue weighted by atomic mass is 19.3. The molecule has 3 rings (SSSR count). The lowest BCUT2D eigenvalue weighted by atomic mass is 10.1. The van der Waals surface area contributed by atoms with Crippen molar-refractivity contribution in [2.24, 2.45) is 0 Å². The van der Waals surface area contributed by atoms with Gasteiger partial charge in [0.15, 0.2) is 0 Å². The molecule has 1 aliphatic rings. The fourth-order valence-corrected chi connectivity index (χ4v) is 2.45. The number of carbonyl (C=O) groups excluding carboxylic acids is 2. The topological polar surface area (TPSA) is 79.5 Å². The zero-order chi connectivity index (χ0) is 17.8. The summed E-state index contributed by atoms with van der Waals surface area (Å²) in [5, 5.41) is 8.37. The Bertz CT molecular complexity index is 781. The zero-order valence-corrected chi connectivity index (χ0v) is 13.0. The molecule has 25 heavy (non-hydrogen) atoms. The smallest absolute Gasteiger partial charge is 0.387 e. The fourth-order valence-electron chi connectivity index (χ4n) is 2.45. The number of hydrogen-bond donors (Lipinski definition) is 3. The minimum Gasteiger partial charge on any atom is -0.435 e. The summed E-state index contributed by atoms with van der Waals surface area (Å²) in [4.78, 5) is 24.2. The zero-order valence-electron chi connectivity index (χ0n) is 13.0. The van der Waals surface area contributed by atoms with Crippen LogP contribution in [0.3, 0.4) is 0 Å². The van der Waals surface area contributed by atoms with Crippen molar-refractivity contribution in [3.05, 3.63) is 48.5 Å². The number of carbonyl (C=O) groups is 2. The molecule has 6 nitrogen and oxygen atoms in total. The Labute approximate surface area is 142 Å². The van der Waals surface area contributed by atoms with E-state index in [0.717, 1.165) is 5.69 Å². The maximum atomic E-state index is 12.1. The fraction of sp³-hybridized carbons (Fsp3) is 0.176. The number of benzene rings is 2. The molecular weight excluding hydrogens is 332 g/mol. The van der Waals surface area contributed by atoms with Crippen LogP contribution in [0.25, 0.3) is 0 Å². The number of hydrogen-bond acceptors (Lipinski definition) is 4. The predicted octanol–water partition coefficient (Wildman–Crippen LogP) is 3.05. The highest BCUT2D eigenvalue weighted by Gasteiger charge is 2.27. The maximum Gasteiger partial charge on any atom is 0.387 e. The van der Waals surface area contributed by atoms with Gasteiger partial charge in [-0.2, -0.15) is 8.78 Å². The molecule has 0 saturated carbocycles. The van der Waals surface area contributed by atoms with Gasteiger partial charge in [0.25, 0.3) is 0 Å². The van der Waals surface area contributed by atoms with Crippen LogP contribution in [0.2, 0.25) is 0 Å². The Morgan fingerprint density at radius 1 is 1.12 bits per heavy atom. The number of amides is 2. The first-order valence-electron chi connectivity index (χ1n) is 7.52. The summed E-state index contributed by atoms with van der Waals surface area (Å²) in [7, 11) is 0. The van der Waals surface area contributed by atoms with Crippen LogP contribution in [-0.4, -0.2) is 24.5 Å². The van der Waals surface area contributed by atoms with E-state index < -0.39 is 12.7 Å². The van der Waals surface area contributed by atoms with Crippen LogP contribution in [0.15, 0.2) is 48.5 Å². The van der Waals surface area contributed by atoms with Gasteiger partial charge >= 0.3 is 6.61 Å². The van der Waals surface area contributed by atoms with E-state index in [1.807, 2.05) is 6.07 Å². The average Bonchev–Trinajstić information content (AvgIpc) is 2.57. The van der Waals surface area contributed by atoms with E-state index in [1.54, 1.807) is 18.2 Å². The summed E-state index contributed by atoms with van der Waals surface area (Å²) >= 11 is 0. The van der Waals surface area contributed by atoms with Crippen LogP contribution in [0.1, 0.15) is 6.42 Å². The Morgan fingerprint density at radius 3 is 2.48 bits per heavy atom. The van der Waals surface area contributed by atoms with E-state index in [0.29, 0.717) is 11.4 Å². The Balaban J connectivity index is 1.58. The molecule has 1 aliphatic heterocycles. The molecule has 0 aliphatic carbocycles. The molecule has 0 radical (unpaired) electrons. The first-order valence-corrected chi connectivity index (χ1v) is 7.52. The van der Waals surface area contributed by atoms with Crippen LogP contribution in [0.5, 0.6) is 5.75 Å². The molecule has 0 bridgehead atoms. The molecule has 2 aromatic carbocycles. The van der Waals surface area contributed by atoms with Crippen molar-refractivity contribution in [1.82, 2.24) is 0 Å². The van der Waals surface area contributed by atoms with Crippen molar-refractivity contribution >= 4 is 28.9 Å². The summed E-state index contributed by atoms with van der Waals surface area (Å²) in [6.45, 7) is -2.90. The maximum absolute atomic E-state index is 12.1. The molecule has 0 fully saturated rings. The highest BCUT2D eigenvalue weighted by Crippen LogP contribution is 2.27. The van der Waals surface area contributed by atoms with E-state index in [2.05, 4.69) is 20.7 Å². The van der Waals surface area contributed by atoms with Crippen LogP contribution in [0, 0.1) is 0 Å². The van der Waals surface area contributed by atoms with Crippen LogP contribution in [0.4, 0.5) is 25.8 Å². The molecule has 0 unspecified atom stereocenters. The standard InChI is InChI=1S/C17H15F2N3O3/c18-17(19)25-11-7-5-10(6-8-11)20-15(23)9-14-16(24)22-13-4-2-1-3-12(13)21-14/h1-8,14,17,21H,9H2,(H,20,23)(H,22,24)/t14-/m0/s1. The van der Waals surface area contributed by atoms with Crippen molar-refractivity contribution in [3.63, 3.8) is 0 Å². The molecule has 130 valence electrons. The van der Waals surface area contributed by atoms with Gasteiger partial charge in [0, 0.05) is 5.69 Å². The van der Waals surface area contributed by atoms with Gasteiger partial charge in [0.1, 0.15) is 11.8 Å². The highest BCUT2D eigenvalue weighted by molar-refractivity contribution is 6.06. The summed E-state index contributed by atoms with van der Waals surface area (Å²) in [6.07, 6.45) is -0.0740. The lowest BCUT2D eigenvalue weighted by Crippen LogP contribution is -2.41. The largest absolute Gasteiger partial charge is 0.435 e. The Kier molecular flexibility index (Phi) is 4.78. The Hall–Kier alpha value is -3.16. The molecule has 8 heteroatoms. The lowest BCUT2D eigenvalue weighted by molar-refractivity contribution is -0.122. The van der Waals surface area contributed by atoms with E-state index >= 15 is 0 Å². The van der Waals surface area contributed by atoms with Crippen molar-refractivity contribution in [2.75, 3.05) is 16.0 Å². The molecular formula is C17H15F2N3O3. The number of halogens is 2. The minimum absolute atomic E-state index is 0.00192. The van der Waals surface area contributed by atoms with Gasteiger partial charge < -0.3 is 20.7 Å². The minimum atomic E-state index is -2.90. The normalized spacial score (nSPS) is 15.8. The number of alkyl halides is 2. The van der Waals surface area contributed by atoms with Gasteiger partial charge in [0.05, 0.1) is 17.8 Å². The molecule has 3 N–H and O–H groups in total. The first kappa shape index (κ1) is 16.7. The second-order valence-corrected chi connectivity index (χ2v) is 5.39. The van der Waals surface area contributed by atoms with Crippen LogP contribution < -0.4 is 20.7 Å². The van der Waals surface area contributed by atoms with Gasteiger partial charge in [-0.25, -0.2) is 0 Å². The van der Waals surface area contributed by atoms with Gasteiger partial charge in [-0.15, -0.1) is 0 Å². The van der Waals surface area contributed by atoms with Gasteiger partial charge in [-0.1, -0.05) is 12.1 Å². The van der Waals surface area contributed by atoms with Gasteiger partial charge in [0.2, 0.25) is 11.8 Å².